The summed E-state index contributed by atoms with van der Waals surface area (Å²) in [6.07, 6.45) is 3.12. The van der Waals surface area contributed by atoms with Gasteiger partial charge in [0.1, 0.15) is 5.76 Å². The Morgan fingerprint density at radius 1 is 1.69 bits per heavy atom. The molecule has 2 rings (SSSR count). The van der Waals surface area contributed by atoms with Crippen LogP contribution in [0.1, 0.15) is 32.1 Å². The molecule has 1 saturated carbocycles. The fourth-order valence-electron chi connectivity index (χ4n) is 1.65. The van der Waals surface area contributed by atoms with Crippen molar-refractivity contribution >= 4 is 0 Å². The van der Waals surface area contributed by atoms with Crippen molar-refractivity contribution in [3.63, 3.8) is 0 Å². The Morgan fingerprint density at radius 2 is 2.46 bits per heavy atom. The van der Waals surface area contributed by atoms with Gasteiger partial charge in [-0.15, -0.1) is 0 Å². The number of hydrogen-bond acceptors (Lipinski definition) is 2. The SMILES string of the molecule is CC(NCC1CC1C)c1ccco1. The van der Waals surface area contributed by atoms with Gasteiger partial charge in [0.2, 0.25) is 0 Å². The predicted molar refractivity (Wildman–Crippen MR) is 52.4 cm³/mol. The molecule has 0 saturated heterocycles. The predicted octanol–water partition coefficient (Wildman–Crippen LogP) is 2.59. The van der Waals surface area contributed by atoms with Gasteiger partial charge in [-0.25, -0.2) is 0 Å². The highest BCUT2D eigenvalue weighted by molar-refractivity contribution is 5.03. The van der Waals surface area contributed by atoms with E-state index in [-0.39, 0.29) is 0 Å². The van der Waals surface area contributed by atoms with E-state index in [9.17, 15) is 0 Å². The largest absolute Gasteiger partial charge is 0.468 e. The van der Waals surface area contributed by atoms with E-state index in [0.717, 1.165) is 24.1 Å². The highest BCUT2D eigenvalue weighted by atomic mass is 16.3. The van der Waals surface area contributed by atoms with Gasteiger partial charge in [-0.05, 0) is 43.9 Å². The molecule has 3 atom stereocenters. The van der Waals surface area contributed by atoms with Crippen molar-refractivity contribution in [2.24, 2.45) is 11.8 Å². The average Bonchev–Trinajstić information content (AvgIpc) is 2.67. The van der Waals surface area contributed by atoms with E-state index in [1.54, 1.807) is 6.26 Å². The molecule has 1 fully saturated rings. The van der Waals surface area contributed by atoms with Crippen LogP contribution in [0.4, 0.5) is 0 Å². The second-order valence-electron chi connectivity index (χ2n) is 4.12. The van der Waals surface area contributed by atoms with Gasteiger partial charge in [-0.3, -0.25) is 0 Å². The van der Waals surface area contributed by atoms with E-state index in [0.29, 0.717) is 6.04 Å². The molecule has 0 aliphatic heterocycles. The van der Waals surface area contributed by atoms with E-state index in [1.807, 2.05) is 12.1 Å². The van der Waals surface area contributed by atoms with Crippen LogP contribution in [-0.2, 0) is 0 Å². The van der Waals surface area contributed by atoms with Gasteiger partial charge in [0, 0.05) is 0 Å². The first-order valence-corrected chi connectivity index (χ1v) is 5.04. The van der Waals surface area contributed by atoms with E-state index < -0.39 is 0 Å². The molecule has 1 aliphatic carbocycles. The molecule has 13 heavy (non-hydrogen) atoms. The summed E-state index contributed by atoms with van der Waals surface area (Å²) in [5.41, 5.74) is 0. The Morgan fingerprint density at radius 3 is 3.00 bits per heavy atom. The van der Waals surface area contributed by atoms with Gasteiger partial charge in [0.25, 0.3) is 0 Å². The lowest BCUT2D eigenvalue weighted by molar-refractivity contribution is 0.423. The molecule has 1 aromatic rings. The molecule has 0 spiro atoms. The first-order valence-electron chi connectivity index (χ1n) is 5.04. The Bertz CT molecular complexity index is 255. The summed E-state index contributed by atoms with van der Waals surface area (Å²) in [5.74, 6) is 2.86. The van der Waals surface area contributed by atoms with Gasteiger partial charge >= 0.3 is 0 Å². The fraction of sp³-hybridized carbons (Fsp3) is 0.636. The molecule has 0 aromatic carbocycles. The van der Waals surface area contributed by atoms with Crippen molar-refractivity contribution in [2.45, 2.75) is 26.3 Å². The average molecular weight is 179 g/mol. The van der Waals surface area contributed by atoms with Gasteiger partial charge in [0.15, 0.2) is 0 Å². The highest BCUT2D eigenvalue weighted by Gasteiger charge is 2.32. The molecule has 0 bridgehead atoms. The van der Waals surface area contributed by atoms with Crippen molar-refractivity contribution in [3.05, 3.63) is 24.2 Å². The van der Waals surface area contributed by atoms with Gasteiger partial charge in [-0.1, -0.05) is 6.92 Å². The standard InChI is InChI=1S/C11H17NO/c1-8-6-10(8)7-12-9(2)11-4-3-5-13-11/h3-5,8-10,12H,6-7H2,1-2H3. The summed E-state index contributed by atoms with van der Waals surface area (Å²) in [6.45, 7) is 5.58. The van der Waals surface area contributed by atoms with Gasteiger partial charge < -0.3 is 9.73 Å². The zero-order valence-electron chi connectivity index (χ0n) is 8.29. The lowest BCUT2D eigenvalue weighted by atomic mass is 10.2. The van der Waals surface area contributed by atoms with E-state index in [2.05, 4.69) is 19.2 Å². The second-order valence-corrected chi connectivity index (χ2v) is 4.12. The molecule has 0 radical (unpaired) electrons. The summed E-state index contributed by atoms with van der Waals surface area (Å²) < 4.78 is 5.31. The molecular formula is C11H17NO. The fourth-order valence-corrected chi connectivity index (χ4v) is 1.65. The topological polar surface area (TPSA) is 25.2 Å². The third-order valence-corrected chi connectivity index (χ3v) is 2.93. The maximum atomic E-state index is 5.31. The quantitative estimate of drug-likeness (QED) is 0.768. The molecule has 1 aromatic heterocycles. The molecule has 2 nitrogen and oxygen atoms in total. The van der Waals surface area contributed by atoms with Crippen molar-refractivity contribution in [1.82, 2.24) is 5.32 Å². The molecule has 72 valence electrons. The Hall–Kier alpha value is -0.760. The number of rotatable bonds is 4. The molecule has 1 aliphatic rings. The summed E-state index contributed by atoms with van der Waals surface area (Å²) in [5, 5.41) is 3.48. The summed E-state index contributed by atoms with van der Waals surface area (Å²) >= 11 is 0. The monoisotopic (exact) mass is 179 g/mol. The summed E-state index contributed by atoms with van der Waals surface area (Å²) in [6, 6.07) is 4.31. The van der Waals surface area contributed by atoms with Crippen molar-refractivity contribution in [1.29, 1.82) is 0 Å². The van der Waals surface area contributed by atoms with Crippen LogP contribution >= 0.6 is 0 Å². The summed E-state index contributed by atoms with van der Waals surface area (Å²) in [4.78, 5) is 0. The molecule has 1 N–H and O–H groups in total. The second kappa shape index (κ2) is 3.54. The number of nitrogens with one attached hydrogen (secondary N) is 1. The smallest absolute Gasteiger partial charge is 0.120 e. The number of hydrogen-bond donors (Lipinski definition) is 1. The van der Waals surface area contributed by atoms with Crippen LogP contribution in [-0.4, -0.2) is 6.54 Å². The first kappa shape index (κ1) is 8.82. The third-order valence-electron chi connectivity index (χ3n) is 2.93. The maximum absolute atomic E-state index is 5.31. The van der Waals surface area contributed by atoms with Crippen molar-refractivity contribution in [3.8, 4) is 0 Å². The van der Waals surface area contributed by atoms with Crippen LogP contribution in [0.25, 0.3) is 0 Å². The Balaban J connectivity index is 1.76. The van der Waals surface area contributed by atoms with Gasteiger partial charge in [0.05, 0.1) is 12.3 Å². The van der Waals surface area contributed by atoms with Gasteiger partial charge in [-0.2, -0.15) is 0 Å². The molecular weight excluding hydrogens is 162 g/mol. The maximum Gasteiger partial charge on any atom is 0.120 e. The van der Waals surface area contributed by atoms with Crippen LogP contribution in [0, 0.1) is 11.8 Å². The normalized spacial score (nSPS) is 28.8. The van der Waals surface area contributed by atoms with E-state index in [1.165, 1.54) is 6.42 Å². The molecule has 0 amide bonds. The minimum atomic E-state index is 0.350. The highest BCUT2D eigenvalue weighted by Crippen LogP contribution is 2.37. The van der Waals surface area contributed by atoms with Crippen molar-refractivity contribution < 1.29 is 4.42 Å². The van der Waals surface area contributed by atoms with Crippen LogP contribution in [0.5, 0.6) is 0 Å². The van der Waals surface area contributed by atoms with Crippen molar-refractivity contribution in [2.75, 3.05) is 6.54 Å². The van der Waals surface area contributed by atoms with Crippen LogP contribution in [0.3, 0.4) is 0 Å². The summed E-state index contributed by atoms with van der Waals surface area (Å²) in [7, 11) is 0. The Kier molecular flexibility index (Phi) is 2.40. The lowest BCUT2D eigenvalue weighted by Gasteiger charge is -2.10. The minimum absolute atomic E-state index is 0.350. The molecule has 2 heteroatoms. The molecule has 3 unspecified atom stereocenters. The first-order chi connectivity index (χ1) is 6.27. The van der Waals surface area contributed by atoms with E-state index in [4.69, 9.17) is 4.42 Å². The Labute approximate surface area is 79.3 Å². The van der Waals surface area contributed by atoms with Crippen LogP contribution in [0.2, 0.25) is 0 Å². The minimum Gasteiger partial charge on any atom is -0.468 e. The zero-order valence-corrected chi connectivity index (χ0v) is 8.29. The van der Waals surface area contributed by atoms with Crippen LogP contribution < -0.4 is 5.32 Å². The number of furan rings is 1. The van der Waals surface area contributed by atoms with Crippen LogP contribution in [0.15, 0.2) is 22.8 Å². The molecule has 1 heterocycles. The zero-order chi connectivity index (χ0) is 9.26. The van der Waals surface area contributed by atoms with E-state index >= 15 is 0 Å². The lowest BCUT2D eigenvalue weighted by Crippen LogP contribution is -2.21. The third kappa shape index (κ3) is 2.13.